The van der Waals surface area contributed by atoms with E-state index in [4.69, 9.17) is 0 Å². The number of nitrogens with one attached hydrogen (secondary N) is 1. The van der Waals surface area contributed by atoms with Gasteiger partial charge in [-0.25, -0.2) is 4.39 Å². The van der Waals surface area contributed by atoms with Gasteiger partial charge in [0.15, 0.2) is 0 Å². The van der Waals surface area contributed by atoms with E-state index in [0.717, 1.165) is 18.7 Å². The summed E-state index contributed by atoms with van der Waals surface area (Å²) in [4.78, 5) is 0. The Labute approximate surface area is 95.5 Å². The Morgan fingerprint density at radius 1 is 1.33 bits per heavy atom. The molecule has 1 aromatic rings. The predicted octanol–water partition coefficient (Wildman–Crippen LogP) is 3.69. The summed E-state index contributed by atoms with van der Waals surface area (Å²) in [5.41, 5.74) is 1.63. The van der Waals surface area contributed by atoms with Crippen molar-refractivity contribution in [2.45, 2.75) is 19.8 Å². The number of benzene rings is 1. The molecule has 15 heavy (non-hydrogen) atoms. The molecule has 84 valence electrons. The van der Waals surface area contributed by atoms with Crippen molar-refractivity contribution in [3.8, 4) is 0 Å². The average Bonchev–Trinajstić information content (AvgIpc) is 2.24. The molecule has 0 bridgehead atoms. The zero-order chi connectivity index (χ0) is 11.1. The molecule has 0 spiro atoms. The van der Waals surface area contributed by atoms with Crippen LogP contribution in [0, 0.1) is 12.7 Å². The highest BCUT2D eigenvalue weighted by Crippen LogP contribution is 2.17. The van der Waals surface area contributed by atoms with Crippen LogP contribution in [0.3, 0.4) is 0 Å². The lowest BCUT2D eigenvalue weighted by atomic mass is 10.2. The molecule has 0 aliphatic rings. The summed E-state index contributed by atoms with van der Waals surface area (Å²) in [7, 11) is 0. The molecule has 1 rings (SSSR count). The highest BCUT2D eigenvalue weighted by molar-refractivity contribution is 7.98. The van der Waals surface area contributed by atoms with Gasteiger partial charge in [-0.05, 0) is 43.9 Å². The Bertz CT molecular complexity index is 302. The second kappa shape index (κ2) is 6.72. The maximum Gasteiger partial charge on any atom is 0.128 e. The maximum atomic E-state index is 13.2. The molecule has 3 heteroatoms. The number of hydrogen-bond donors (Lipinski definition) is 1. The summed E-state index contributed by atoms with van der Waals surface area (Å²) in [5, 5.41) is 3.26. The third-order valence-electron chi connectivity index (χ3n) is 2.36. The van der Waals surface area contributed by atoms with Crippen LogP contribution in [0.5, 0.6) is 0 Å². The number of hydrogen-bond acceptors (Lipinski definition) is 2. The molecule has 1 aromatic carbocycles. The summed E-state index contributed by atoms with van der Waals surface area (Å²) < 4.78 is 13.2. The topological polar surface area (TPSA) is 12.0 Å². The smallest absolute Gasteiger partial charge is 0.128 e. The van der Waals surface area contributed by atoms with E-state index in [-0.39, 0.29) is 5.82 Å². The lowest BCUT2D eigenvalue weighted by Crippen LogP contribution is -2.04. The molecule has 0 fully saturated rings. The number of unbranched alkanes of at least 4 members (excludes halogenated alkanes) is 1. The molecule has 0 aromatic heterocycles. The normalized spacial score (nSPS) is 10.3. The molecule has 0 saturated heterocycles. The summed E-state index contributed by atoms with van der Waals surface area (Å²) in [6, 6.07) is 5.16. The Morgan fingerprint density at radius 3 is 2.87 bits per heavy atom. The quantitative estimate of drug-likeness (QED) is 0.744. The van der Waals surface area contributed by atoms with Crippen LogP contribution in [-0.2, 0) is 0 Å². The van der Waals surface area contributed by atoms with Crippen molar-refractivity contribution in [1.82, 2.24) is 0 Å². The van der Waals surface area contributed by atoms with E-state index in [1.54, 1.807) is 13.0 Å². The fraction of sp³-hybridized carbons (Fsp3) is 0.500. The van der Waals surface area contributed by atoms with Crippen molar-refractivity contribution in [3.63, 3.8) is 0 Å². The van der Waals surface area contributed by atoms with E-state index in [1.807, 2.05) is 17.8 Å². The molecule has 0 unspecified atom stereocenters. The first-order valence-corrected chi connectivity index (χ1v) is 6.63. The molecule has 1 nitrogen and oxygen atoms in total. The molecular formula is C12H18FNS. The van der Waals surface area contributed by atoms with E-state index >= 15 is 0 Å². The van der Waals surface area contributed by atoms with Gasteiger partial charge in [0.2, 0.25) is 0 Å². The fourth-order valence-electron chi connectivity index (χ4n) is 1.39. The number of halogens is 1. The van der Waals surface area contributed by atoms with Crippen molar-refractivity contribution in [2.75, 3.05) is 23.9 Å². The van der Waals surface area contributed by atoms with Crippen LogP contribution in [0.15, 0.2) is 18.2 Å². The second-order valence-corrected chi connectivity index (χ2v) is 4.52. The molecular weight excluding hydrogens is 209 g/mol. The van der Waals surface area contributed by atoms with E-state index in [2.05, 4.69) is 11.6 Å². The first-order chi connectivity index (χ1) is 7.25. The van der Waals surface area contributed by atoms with Gasteiger partial charge in [0.25, 0.3) is 0 Å². The monoisotopic (exact) mass is 227 g/mol. The molecule has 0 atom stereocenters. The van der Waals surface area contributed by atoms with Crippen molar-refractivity contribution in [3.05, 3.63) is 29.6 Å². The van der Waals surface area contributed by atoms with Gasteiger partial charge < -0.3 is 5.32 Å². The Balaban J connectivity index is 2.34. The summed E-state index contributed by atoms with van der Waals surface area (Å²) in [6.45, 7) is 2.73. The van der Waals surface area contributed by atoms with Crippen LogP contribution in [0.2, 0.25) is 0 Å². The second-order valence-electron chi connectivity index (χ2n) is 3.54. The van der Waals surface area contributed by atoms with Gasteiger partial charge in [-0.15, -0.1) is 0 Å². The van der Waals surface area contributed by atoms with Gasteiger partial charge in [0, 0.05) is 17.8 Å². The summed E-state index contributed by atoms with van der Waals surface area (Å²) in [6.07, 6.45) is 4.46. The van der Waals surface area contributed by atoms with E-state index < -0.39 is 0 Å². The van der Waals surface area contributed by atoms with Crippen LogP contribution in [-0.4, -0.2) is 18.6 Å². The minimum atomic E-state index is -0.135. The molecule has 1 N–H and O–H groups in total. The van der Waals surface area contributed by atoms with Gasteiger partial charge >= 0.3 is 0 Å². The fourth-order valence-corrected chi connectivity index (χ4v) is 1.89. The molecule has 0 amide bonds. The van der Waals surface area contributed by atoms with Crippen LogP contribution in [0.4, 0.5) is 10.1 Å². The van der Waals surface area contributed by atoms with Crippen LogP contribution in [0.25, 0.3) is 0 Å². The minimum Gasteiger partial charge on any atom is -0.385 e. The van der Waals surface area contributed by atoms with Gasteiger partial charge in [-0.1, -0.05) is 6.07 Å². The zero-order valence-corrected chi connectivity index (χ0v) is 10.2. The number of thioether (sulfide) groups is 1. The Kier molecular flexibility index (Phi) is 5.54. The van der Waals surface area contributed by atoms with Crippen molar-refractivity contribution in [1.29, 1.82) is 0 Å². The minimum absolute atomic E-state index is 0.135. The van der Waals surface area contributed by atoms with E-state index in [0.29, 0.717) is 5.56 Å². The largest absolute Gasteiger partial charge is 0.385 e. The van der Waals surface area contributed by atoms with Crippen molar-refractivity contribution < 1.29 is 4.39 Å². The first kappa shape index (κ1) is 12.4. The zero-order valence-electron chi connectivity index (χ0n) is 9.35. The predicted molar refractivity (Wildman–Crippen MR) is 67.2 cm³/mol. The number of rotatable bonds is 6. The molecule has 0 saturated carbocycles. The van der Waals surface area contributed by atoms with E-state index in [9.17, 15) is 4.39 Å². The standard InChI is InChI=1S/C12H18FNS/c1-10-11(13)6-5-7-12(10)14-8-3-4-9-15-2/h5-7,14H,3-4,8-9H2,1-2H3. The summed E-state index contributed by atoms with van der Waals surface area (Å²) in [5.74, 6) is 1.06. The molecule has 0 aliphatic heterocycles. The summed E-state index contributed by atoms with van der Waals surface area (Å²) >= 11 is 1.87. The van der Waals surface area contributed by atoms with Gasteiger partial charge in [-0.2, -0.15) is 11.8 Å². The van der Waals surface area contributed by atoms with Crippen LogP contribution < -0.4 is 5.32 Å². The van der Waals surface area contributed by atoms with Gasteiger partial charge in [-0.3, -0.25) is 0 Å². The van der Waals surface area contributed by atoms with Gasteiger partial charge in [0.1, 0.15) is 5.82 Å². The Morgan fingerprint density at radius 2 is 2.13 bits per heavy atom. The van der Waals surface area contributed by atoms with Crippen molar-refractivity contribution >= 4 is 17.4 Å². The maximum absolute atomic E-state index is 13.2. The van der Waals surface area contributed by atoms with Crippen molar-refractivity contribution in [2.24, 2.45) is 0 Å². The molecule has 0 heterocycles. The number of anilines is 1. The SMILES string of the molecule is CSCCCCNc1cccc(F)c1C. The molecule has 0 radical (unpaired) electrons. The van der Waals surface area contributed by atoms with Crippen LogP contribution >= 0.6 is 11.8 Å². The highest BCUT2D eigenvalue weighted by atomic mass is 32.2. The lowest BCUT2D eigenvalue weighted by molar-refractivity contribution is 0.619. The Hall–Kier alpha value is -0.700. The average molecular weight is 227 g/mol. The van der Waals surface area contributed by atoms with Gasteiger partial charge in [0.05, 0.1) is 0 Å². The highest BCUT2D eigenvalue weighted by Gasteiger charge is 2.01. The van der Waals surface area contributed by atoms with Crippen LogP contribution in [0.1, 0.15) is 18.4 Å². The lowest BCUT2D eigenvalue weighted by Gasteiger charge is -2.09. The third kappa shape index (κ3) is 4.12. The first-order valence-electron chi connectivity index (χ1n) is 5.23. The van der Waals surface area contributed by atoms with E-state index in [1.165, 1.54) is 18.2 Å². The molecule has 0 aliphatic carbocycles. The third-order valence-corrected chi connectivity index (χ3v) is 3.06.